The molecule has 1 aromatic heterocycles. The van der Waals surface area contributed by atoms with Crippen LogP contribution in [0.4, 0.5) is 0 Å². The Morgan fingerprint density at radius 2 is 1.74 bits per heavy atom. The second kappa shape index (κ2) is 10.1. The van der Waals surface area contributed by atoms with Crippen molar-refractivity contribution in [1.29, 1.82) is 0 Å². The first kappa shape index (κ1) is 24.7. The van der Waals surface area contributed by atoms with E-state index in [1.807, 2.05) is 0 Å². The predicted molar refractivity (Wildman–Crippen MR) is 122 cm³/mol. The number of ketones is 1. The van der Waals surface area contributed by atoms with Crippen molar-refractivity contribution >= 4 is 29.3 Å². The maximum atomic E-state index is 13.6. The Bertz CT molecular complexity index is 994. The third-order valence-electron chi connectivity index (χ3n) is 5.72. The summed E-state index contributed by atoms with van der Waals surface area (Å²) in [5.74, 6) is -0.648. The number of hydrogen-bond donors (Lipinski definition) is 0. The summed E-state index contributed by atoms with van der Waals surface area (Å²) in [5.41, 5.74) is 2.35. The zero-order chi connectivity index (χ0) is 23.5. The lowest BCUT2D eigenvalue weighted by atomic mass is 9.98. The number of benzene rings is 1. The molecule has 2 rings (SSSR count). The topological polar surface area (TPSA) is 68.6 Å². The lowest BCUT2D eigenvalue weighted by molar-refractivity contribution is 0.0587. The van der Waals surface area contributed by atoms with Crippen molar-refractivity contribution in [3.8, 4) is 0 Å². The molecule has 1 atom stereocenters. The van der Waals surface area contributed by atoms with Gasteiger partial charge in [0.1, 0.15) is 5.69 Å². The molecule has 0 N–H and O–H groups in total. The summed E-state index contributed by atoms with van der Waals surface area (Å²) < 4.78 is 6.54. The minimum absolute atomic E-state index is 0.218. The molecule has 1 aromatic carbocycles. The quantitative estimate of drug-likeness (QED) is 0.429. The van der Waals surface area contributed by atoms with Crippen LogP contribution in [0.3, 0.4) is 0 Å². The van der Waals surface area contributed by atoms with E-state index < -0.39 is 12.0 Å². The average Bonchev–Trinajstić information content (AvgIpc) is 2.95. The number of methoxy groups -OCH3 is 1. The largest absolute Gasteiger partial charge is 0.464 e. The number of ether oxygens (including phenoxy) is 1. The normalized spacial score (nSPS) is 12.0. The molecule has 0 saturated heterocycles. The molecule has 6 nitrogen and oxygen atoms in total. The van der Waals surface area contributed by atoms with Crippen LogP contribution in [0.5, 0.6) is 0 Å². The first-order valence-corrected chi connectivity index (χ1v) is 10.7. The van der Waals surface area contributed by atoms with Gasteiger partial charge in [0.25, 0.3) is 5.91 Å². The monoisotopic (exact) mass is 446 g/mol. The maximum absolute atomic E-state index is 13.6. The number of aromatic nitrogens is 1. The molecule has 168 valence electrons. The van der Waals surface area contributed by atoms with Crippen molar-refractivity contribution in [2.24, 2.45) is 13.0 Å². The fourth-order valence-corrected chi connectivity index (χ4v) is 3.95. The van der Waals surface area contributed by atoms with E-state index in [0.717, 1.165) is 6.42 Å². The number of Topliss-reactive ketones (excluding diaryl/α,β-unsaturated/α-hetero) is 1. The number of carbonyl (C=O) groups is 3. The minimum atomic E-state index is -0.729. The van der Waals surface area contributed by atoms with Gasteiger partial charge in [-0.3, -0.25) is 9.59 Å². The number of esters is 1. The van der Waals surface area contributed by atoms with Gasteiger partial charge in [0.05, 0.1) is 23.7 Å². The first-order valence-electron chi connectivity index (χ1n) is 10.4. The van der Waals surface area contributed by atoms with Crippen LogP contribution in [0.1, 0.15) is 69.7 Å². The summed E-state index contributed by atoms with van der Waals surface area (Å²) in [6, 6.07) is 6.11. The third-order valence-corrected chi connectivity index (χ3v) is 6.04. The number of halogens is 1. The molecule has 0 unspecified atom stereocenters. The van der Waals surface area contributed by atoms with Crippen LogP contribution in [0.15, 0.2) is 24.3 Å². The number of nitrogens with zero attached hydrogens (tertiary/aromatic N) is 2. The second-order valence-electron chi connectivity index (χ2n) is 8.19. The van der Waals surface area contributed by atoms with Crippen molar-refractivity contribution in [3.63, 3.8) is 0 Å². The number of amides is 1. The molecule has 0 fully saturated rings. The smallest absolute Gasteiger partial charge is 0.354 e. The molecule has 0 aliphatic rings. The summed E-state index contributed by atoms with van der Waals surface area (Å²) >= 11 is 6.27. The van der Waals surface area contributed by atoms with Gasteiger partial charge in [-0.2, -0.15) is 0 Å². The van der Waals surface area contributed by atoms with Gasteiger partial charge in [-0.25, -0.2) is 4.79 Å². The van der Waals surface area contributed by atoms with Gasteiger partial charge in [-0.05, 0) is 50.8 Å². The molecule has 0 aliphatic heterocycles. The summed E-state index contributed by atoms with van der Waals surface area (Å²) in [6.07, 6.45) is 0.744. The number of hydrogen-bond acceptors (Lipinski definition) is 4. The van der Waals surface area contributed by atoms with Gasteiger partial charge in [0, 0.05) is 24.8 Å². The van der Waals surface area contributed by atoms with Crippen molar-refractivity contribution in [2.75, 3.05) is 13.7 Å². The van der Waals surface area contributed by atoms with Crippen LogP contribution in [-0.2, 0) is 11.8 Å². The molecule has 0 radical (unpaired) electrons. The molecule has 31 heavy (non-hydrogen) atoms. The molecule has 2 aromatic rings. The molecule has 7 heteroatoms. The van der Waals surface area contributed by atoms with E-state index in [2.05, 4.69) is 13.8 Å². The zero-order valence-electron chi connectivity index (χ0n) is 19.3. The summed E-state index contributed by atoms with van der Waals surface area (Å²) in [5, 5.41) is 0.349. The van der Waals surface area contributed by atoms with Crippen LogP contribution in [-0.4, -0.2) is 46.8 Å². The summed E-state index contributed by atoms with van der Waals surface area (Å²) in [6.45, 7) is 9.79. The highest BCUT2D eigenvalue weighted by molar-refractivity contribution is 6.33. The molecule has 0 aliphatic carbocycles. The average molecular weight is 447 g/mol. The summed E-state index contributed by atoms with van der Waals surface area (Å²) in [7, 11) is 3.03. The Hall–Kier alpha value is -2.60. The first-order chi connectivity index (χ1) is 14.5. The number of rotatable bonds is 8. The van der Waals surface area contributed by atoms with Gasteiger partial charge >= 0.3 is 5.97 Å². The maximum Gasteiger partial charge on any atom is 0.354 e. The van der Waals surface area contributed by atoms with E-state index >= 15 is 0 Å². The SMILES string of the molecule is COC(=O)c1c(C)c(C(=O)[C@H](C)N(CCC(C)C)C(=O)c2ccccc2Cl)c(C)n1C. The molecule has 1 heterocycles. The third kappa shape index (κ3) is 5.01. The Morgan fingerprint density at radius 1 is 1.13 bits per heavy atom. The Kier molecular flexibility index (Phi) is 8.07. The van der Waals surface area contributed by atoms with Crippen molar-refractivity contribution in [1.82, 2.24) is 9.47 Å². The van der Waals surface area contributed by atoms with Crippen LogP contribution in [0, 0.1) is 19.8 Å². The lowest BCUT2D eigenvalue weighted by Gasteiger charge is -2.30. The van der Waals surface area contributed by atoms with Crippen molar-refractivity contribution in [3.05, 3.63) is 57.4 Å². The van der Waals surface area contributed by atoms with Gasteiger partial charge in [-0.15, -0.1) is 0 Å². The van der Waals surface area contributed by atoms with Gasteiger partial charge in [-0.1, -0.05) is 37.6 Å². The molecular formula is C24H31ClN2O4. The fraction of sp³-hybridized carbons (Fsp3) is 0.458. The Morgan fingerprint density at radius 3 is 2.29 bits per heavy atom. The van der Waals surface area contributed by atoms with E-state index in [9.17, 15) is 14.4 Å². The fourth-order valence-electron chi connectivity index (χ4n) is 3.73. The predicted octanol–water partition coefficient (Wildman–Crippen LogP) is 4.84. The van der Waals surface area contributed by atoms with E-state index in [4.69, 9.17) is 16.3 Å². The van der Waals surface area contributed by atoms with Crippen LogP contribution < -0.4 is 0 Å². The minimum Gasteiger partial charge on any atom is -0.464 e. The van der Waals surface area contributed by atoms with E-state index in [1.165, 1.54) is 7.11 Å². The number of carbonyl (C=O) groups excluding carboxylic acids is 3. The van der Waals surface area contributed by atoms with Gasteiger partial charge < -0.3 is 14.2 Å². The second-order valence-corrected chi connectivity index (χ2v) is 8.59. The molecule has 0 spiro atoms. The van der Waals surface area contributed by atoms with Crippen LogP contribution in [0.25, 0.3) is 0 Å². The Labute approximate surface area is 189 Å². The highest BCUT2D eigenvalue weighted by atomic mass is 35.5. The van der Waals surface area contributed by atoms with E-state index in [1.54, 1.807) is 61.6 Å². The van der Waals surface area contributed by atoms with Crippen molar-refractivity contribution in [2.45, 2.75) is 47.1 Å². The molecule has 0 bridgehead atoms. The Balaban J connectivity index is 2.49. The summed E-state index contributed by atoms with van der Waals surface area (Å²) in [4.78, 5) is 40.7. The lowest BCUT2D eigenvalue weighted by Crippen LogP contribution is -2.44. The van der Waals surface area contributed by atoms with E-state index in [0.29, 0.717) is 45.6 Å². The van der Waals surface area contributed by atoms with Gasteiger partial charge in [0.15, 0.2) is 5.78 Å². The van der Waals surface area contributed by atoms with Crippen LogP contribution in [0.2, 0.25) is 5.02 Å². The molecule has 0 saturated carbocycles. The molecule has 1 amide bonds. The van der Waals surface area contributed by atoms with Crippen LogP contribution >= 0.6 is 11.6 Å². The zero-order valence-corrected chi connectivity index (χ0v) is 20.0. The standard InChI is InChI=1S/C24H31ClN2O4/c1-14(2)12-13-27(23(29)18-10-8-9-11-19(18)25)17(5)22(28)20-15(3)21(24(30)31-7)26(6)16(20)4/h8-11,14,17H,12-13H2,1-7H3/t17-/m0/s1. The van der Waals surface area contributed by atoms with E-state index in [-0.39, 0.29) is 11.7 Å². The highest BCUT2D eigenvalue weighted by Crippen LogP contribution is 2.26. The van der Waals surface area contributed by atoms with Crippen molar-refractivity contribution < 1.29 is 19.1 Å². The molecular weight excluding hydrogens is 416 g/mol. The van der Waals surface area contributed by atoms with Gasteiger partial charge in [0.2, 0.25) is 0 Å². The highest BCUT2D eigenvalue weighted by Gasteiger charge is 2.33.